The molecular formula is C22H28ClN3O. The van der Waals surface area contributed by atoms with E-state index >= 15 is 0 Å². The average molecular weight is 386 g/mol. The molecule has 144 valence electrons. The van der Waals surface area contributed by atoms with Crippen molar-refractivity contribution in [3.63, 3.8) is 0 Å². The van der Waals surface area contributed by atoms with Crippen molar-refractivity contribution in [2.75, 3.05) is 18.0 Å². The smallest absolute Gasteiger partial charge is 0.263 e. The minimum absolute atomic E-state index is 0.0249. The molecule has 1 aromatic heterocycles. The minimum atomic E-state index is -0.0249. The van der Waals surface area contributed by atoms with Crippen molar-refractivity contribution in [2.24, 2.45) is 11.3 Å². The monoisotopic (exact) mass is 385 g/mol. The minimum Gasteiger partial charge on any atom is -0.356 e. The molecule has 2 aliphatic rings. The molecule has 2 fully saturated rings. The van der Waals surface area contributed by atoms with Gasteiger partial charge in [0, 0.05) is 13.1 Å². The van der Waals surface area contributed by atoms with E-state index in [0.29, 0.717) is 27.5 Å². The fourth-order valence-electron chi connectivity index (χ4n) is 4.88. The molecule has 1 unspecified atom stereocenters. The third-order valence-corrected chi connectivity index (χ3v) is 7.27. The summed E-state index contributed by atoms with van der Waals surface area (Å²) in [6.45, 7) is 10.0. The van der Waals surface area contributed by atoms with Crippen LogP contribution in [0.4, 0.5) is 5.82 Å². The van der Waals surface area contributed by atoms with Gasteiger partial charge in [0.2, 0.25) is 0 Å². The van der Waals surface area contributed by atoms with Crippen molar-refractivity contribution in [3.8, 4) is 5.69 Å². The van der Waals surface area contributed by atoms with E-state index in [4.69, 9.17) is 16.6 Å². The highest BCUT2D eigenvalue weighted by atomic mass is 35.5. The van der Waals surface area contributed by atoms with Crippen molar-refractivity contribution in [1.29, 1.82) is 0 Å². The maximum atomic E-state index is 13.2. The first-order valence-electron chi connectivity index (χ1n) is 9.98. The number of hydrogen-bond acceptors (Lipinski definition) is 3. The summed E-state index contributed by atoms with van der Waals surface area (Å²) in [7, 11) is 0. The Morgan fingerprint density at radius 2 is 1.93 bits per heavy atom. The highest BCUT2D eigenvalue weighted by molar-refractivity contribution is 6.33. The van der Waals surface area contributed by atoms with Crippen LogP contribution in [0.25, 0.3) is 5.69 Å². The number of aryl methyl sites for hydroxylation is 2. The predicted molar refractivity (Wildman–Crippen MR) is 111 cm³/mol. The fourth-order valence-corrected chi connectivity index (χ4v) is 5.09. The van der Waals surface area contributed by atoms with Gasteiger partial charge >= 0.3 is 0 Å². The molecule has 0 bridgehead atoms. The molecule has 1 saturated heterocycles. The third kappa shape index (κ3) is 2.98. The topological polar surface area (TPSA) is 38.1 Å². The van der Waals surface area contributed by atoms with Crippen LogP contribution >= 0.6 is 11.6 Å². The molecule has 2 heterocycles. The van der Waals surface area contributed by atoms with Crippen LogP contribution in [0.1, 0.15) is 49.6 Å². The van der Waals surface area contributed by atoms with Gasteiger partial charge in [0.05, 0.1) is 16.3 Å². The molecule has 4 rings (SSSR count). The number of halogens is 1. The normalized spacial score (nSPS) is 20.9. The summed E-state index contributed by atoms with van der Waals surface area (Å²) < 4.78 is 1.65. The lowest BCUT2D eigenvalue weighted by atomic mass is 9.90. The Kier molecular flexibility index (Phi) is 4.58. The average Bonchev–Trinajstić information content (AvgIpc) is 3.35. The zero-order valence-corrected chi connectivity index (χ0v) is 17.4. The van der Waals surface area contributed by atoms with Gasteiger partial charge in [-0.15, -0.1) is 0 Å². The van der Waals surface area contributed by atoms with Crippen molar-refractivity contribution >= 4 is 17.4 Å². The van der Waals surface area contributed by atoms with Crippen LogP contribution in [0.3, 0.4) is 0 Å². The summed E-state index contributed by atoms with van der Waals surface area (Å²) in [6, 6.07) is 5.76. The van der Waals surface area contributed by atoms with Crippen molar-refractivity contribution in [2.45, 2.75) is 53.4 Å². The number of piperidine rings is 1. The summed E-state index contributed by atoms with van der Waals surface area (Å²) in [5.74, 6) is 2.44. The first kappa shape index (κ1) is 18.5. The summed E-state index contributed by atoms with van der Waals surface area (Å²) in [4.78, 5) is 20.3. The van der Waals surface area contributed by atoms with E-state index in [9.17, 15) is 4.79 Å². The second-order valence-corrected chi connectivity index (χ2v) is 8.69. The van der Waals surface area contributed by atoms with Gasteiger partial charge in [-0.3, -0.25) is 9.36 Å². The standard InChI is InChI=1S/C22H28ClN3O/c1-5-17-13-22(17)9-11-25(12-10-22)20-15(3)21(27)26(16(4)24-20)18-8-6-7-14(2)19(18)23/h6-8,17H,5,9-13H2,1-4H3. The van der Waals surface area contributed by atoms with Crippen LogP contribution < -0.4 is 10.5 Å². The Labute approximate surface area is 166 Å². The first-order valence-corrected chi connectivity index (χ1v) is 10.4. The zero-order chi connectivity index (χ0) is 19.3. The van der Waals surface area contributed by atoms with Gasteiger partial charge in [-0.1, -0.05) is 37.1 Å². The lowest BCUT2D eigenvalue weighted by Gasteiger charge is -2.34. The molecule has 2 aromatic rings. The molecule has 5 heteroatoms. The van der Waals surface area contributed by atoms with Gasteiger partial charge < -0.3 is 4.90 Å². The second-order valence-electron chi connectivity index (χ2n) is 8.31. The van der Waals surface area contributed by atoms with Gasteiger partial charge in [0.15, 0.2) is 0 Å². The number of aromatic nitrogens is 2. The summed E-state index contributed by atoms with van der Waals surface area (Å²) in [5.41, 5.74) is 2.93. The first-order chi connectivity index (χ1) is 12.9. The molecule has 1 spiro atoms. The largest absolute Gasteiger partial charge is 0.356 e. The molecule has 0 amide bonds. The van der Waals surface area contributed by atoms with E-state index in [1.165, 1.54) is 25.7 Å². The molecule has 27 heavy (non-hydrogen) atoms. The van der Waals surface area contributed by atoms with E-state index in [1.807, 2.05) is 39.0 Å². The van der Waals surface area contributed by atoms with Crippen molar-refractivity contribution < 1.29 is 0 Å². The summed E-state index contributed by atoms with van der Waals surface area (Å²) in [5, 5.41) is 0.607. The SMILES string of the molecule is CCC1CC12CCN(c1nc(C)n(-c3cccc(C)c3Cl)c(=O)c1C)CC2. The molecule has 4 nitrogen and oxygen atoms in total. The molecule has 1 aromatic carbocycles. The van der Waals surface area contributed by atoms with E-state index in [1.54, 1.807) is 4.57 Å². The predicted octanol–water partition coefficient (Wildman–Crippen LogP) is 4.83. The molecule has 0 radical (unpaired) electrons. The second kappa shape index (κ2) is 6.66. The highest BCUT2D eigenvalue weighted by Gasteiger charge is 2.53. The van der Waals surface area contributed by atoms with Crippen molar-refractivity contribution in [3.05, 3.63) is 50.5 Å². The molecule has 1 saturated carbocycles. The van der Waals surface area contributed by atoms with Crippen LogP contribution in [-0.4, -0.2) is 22.6 Å². The number of rotatable bonds is 3. The lowest BCUT2D eigenvalue weighted by molar-refractivity contribution is 0.344. The van der Waals surface area contributed by atoms with Crippen LogP contribution in [-0.2, 0) is 0 Å². The summed E-state index contributed by atoms with van der Waals surface area (Å²) in [6.07, 6.45) is 5.12. The van der Waals surface area contributed by atoms with E-state index in [2.05, 4.69) is 11.8 Å². The Morgan fingerprint density at radius 1 is 1.22 bits per heavy atom. The van der Waals surface area contributed by atoms with E-state index in [0.717, 1.165) is 30.4 Å². The van der Waals surface area contributed by atoms with Crippen molar-refractivity contribution in [1.82, 2.24) is 9.55 Å². The number of nitrogens with zero attached hydrogens (tertiary/aromatic N) is 3. The van der Waals surface area contributed by atoms with Gasteiger partial charge in [0.25, 0.3) is 5.56 Å². The van der Waals surface area contributed by atoms with Crippen LogP contribution in [0.2, 0.25) is 5.02 Å². The Morgan fingerprint density at radius 3 is 2.56 bits per heavy atom. The Hall–Kier alpha value is -1.81. The summed E-state index contributed by atoms with van der Waals surface area (Å²) >= 11 is 6.48. The fraction of sp³-hybridized carbons (Fsp3) is 0.545. The maximum absolute atomic E-state index is 13.2. The molecule has 1 aliphatic heterocycles. The van der Waals surface area contributed by atoms with E-state index in [-0.39, 0.29) is 5.56 Å². The quantitative estimate of drug-likeness (QED) is 0.759. The van der Waals surface area contributed by atoms with Gasteiger partial charge in [-0.2, -0.15) is 0 Å². The van der Waals surface area contributed by atoms with Gasteiger partial charge in [-0.25, -0.2) is 4.98 Å². The van der Waals surface area contributed by atoms with Crippen LogP contribution in [0.5, 0.6) is 0 Å². The van der Waals surface area contributed by atoms with Gasteiger partial charge in [-0.05, 0) is 63.0 Å². The van der Waals surface area contributed by atoms with Crippen LogP contribution in [0, 0.1) is 32.1 Å². The Bertz CT molecular complexity index is 941. The zero-order valence-electron chi connectivity index (χ0n) is 16.7. The highest BCUT2D eigenvalue weighted by Crippen LogP contribution is 2.60. The van der Waals surface area contributed by atoms with Crippen LogP contribution in [0.15, 0.2) is 23.0 Å². The molecule has 1 atom stereocenters. The number of benzene rings is 1. The van der Waals surface area contributed by atoms with Gasteiger partial charge in [0.1, 0.15) is 11.6 Å². The lowest BCUT2D eigenvalue weighted by Crippen LogP contribution is -2.38. The molecule has 0 N–H and O–H groups in total. The molecule has 1 aliphatic carbocycles. The third-order valence-electron chi connectivity index (χ3n) is 6.77. The van der Waals surface area contributed by atoms with E-state index < -0.39 is 0 Å². The number of hydrogen-bond donors (Lipinski definition) is 0. The maximum Gasteiger partial charge on any atom is 0.263 e. The number of anilines is 1. The Balaban J connectivity index is 1.67. The molecular weight excluding hydrogens is 358 g/mol.